The fraction of sp³-hybridized carbons (Fsp3) is 0.600. The minimum atomic E-state index is -2.57. The molecule has 1 aliphatic carbocycles. The smallest absolute Gasteiger partial charge is 0.261 e. The van der Waals surface area contributed by atoms with Gasteiger partial charge in [0.1, 0.15) is 0 Å². The maximum absolute atomic E-state index is 12.6. The molecule has 0 N–H and O–H groups in total. The lowest BCUT2D eigenvalue weighted by Crippen LogP contribution is -2.50. The zero-order valence-corrected chi connectivity index (χ0v) is 15.5. The van der Waals surface area contributed by atoms with Gasteiger partial charge in [0.2, 0.25) is 0 Å². The van der Waals surface area contributed by atoms with Crippen LogP contribution in [-0.4, -0.2) is 53.1 Å². The Morgan fingerprint density at radius 1 is 1.07 bits per heavy atom. The molecule has 0 radical (unpaired) electrons. The summed E-state index contributed by atoms with van der Waals surface area (Å²) in [6.07, 6.45) is 5.38. The molecule has 2 fully saturated rings. The van der Waals surface area contributed by atoms with Crippen LogP contribution in [0.4, 0.5) is 14.5 Å². The first kappa shape index (κ1) is 18.3. The molecule has 0 unspecified atom stereocenters. The third kappa shape index (κ3) is 3.98. The number of benzene rings is 1. The lowest BCUT2D eigenvalue weighted by molar-refractivity contribution is 0.125. The van der Waals surface area contributed by atoms with Crippen molar-refractivity contribution in [3.8, 4) is 0 Å². The topological polar surface area (TPSA) is 41.4 Å². The van der Waals surface area contributed by atoms with E-state index in [1.807, 2.05) is 12.1 Å². The molecule has 2 aromatic rings. The number of halogens is 2. The van der Waals surface area contributed by atoms with E-state index in [0.717, 1.165) is 42.5 Å². The van der Waals surface area contributed by atoms with Gasteiger partial charge in [0, 0.05) is 37.9 Å². The molecule has 0 amide bonds. The van der Waals surface area contributed by atoms with Gasteiger partial charge >= 0.3 is 0 Å². The number of piperazine rings is 1. The van der Waals surface area contributed by atoms with E-state index in [1.165, 1.54) is 38.4 Å². The molecule has 4 rings (SSSR count). The molecule has 0 spiro atoms. The summed E-state index contributed by atoms with van der Waals surface area (Å²) in [5.41, 5.74) is 1.20. The van der Waals surface area contributed by atoms with Crippen molar-refractivity contribution in [2.75, 3.05) is 31.1 Å². The Balaban J connectivity index is 1.47. The summed E-state index contributed by atoms with van der Waals surface area (Å²) < 4.78 is 26.1. The zero-order chi connectivity index (χ0) is 18.8. The number of rotatable bonds is 4. The molecule has 5 nitrogen and oxygen atoms in total. The molecule has 146 valence electrons. The van der Waals surface area contributed by atoms with Gasteiger partial charge in [0.15, 0.2) is 0 Å². The van der Waals surface area contributed by atoms with Crippen molar-refractivity contribution in [1.82, 2.24) is 14.5 Å². The normalized spacial score (nSPS) is 19.9. The van der Waals surface area contributed by atoms with Gasteiger partial charge in [-0.2, -0.15) is 0 Å². The van der Waals surface area contributed by atoms with Crippen molar-refractivity contribution < 1.29 is 8.78 Å². The Labute approximate surface area is 157 Å². The lowest BCUT2D eigenvalue weighted by atomic mass is 9.94. The van der Waals surface area contributed by atoms with Crippen LogP contribution in [-0.2, 0) is 6.54 Å². The summed E-state index contributed by atoms with van der Waals surface area (Å²) in [4.78, 5) is 21.5. The highest BCUT2D eigenvalue weighted by Crippen LogP contribution is 2.25. The Kier molecular flexibility index (Phi) is 5.38. The predicted molar refractivity (Wildman–Crippen MR) is 103 cm³/mol. The van der Waals surface area contributed by atoms with Gasteiger partial charge in [-0.05, 0) is 31.0 Å². The minimum absolute atomic E-state index is 0.391. The fourth-order valence-corrected chi connectivity index (χ4v) is 4.41. The second kappa shape index (κ2) is 7.92. The highest BCUT2D eigenvalue weighted by Gasteiger charge is 2.25. The van der Waals surface area contributed by atoms with E-state index in [0.29, 0.717) is 10.9 Å². The van der Waals surface area contributed by atoms with Gasteiger partial charge in [0.05, 0.1) is 23.8 Å². The predicted octanol–water partition coefficient (Wildman–Crippen LogP) is 3.12. The third-order valence-corrected chi connectivity index (χ3v) is 5.91. The first-order valence-corrected chi connectivity index (χ1v) is 9.88. The van der Waals surface area contributed by atoms with Gasteiger partial charge in [-0.25, -0.2) is 13.8 Å². The Hall–Kier alpha value is -2.02. The monoisotopic (exact) mass is 376 g/mol. The quantitative estimate of drug-likeness (QED) is 0.822. The van der Waals surface area contributed by atoms with Crippen LogP contribution in [0.1, 0.15) is 32.1 Å². The average Bonchev–Trinajstić information content (AvgIpc) is 2.70. The van der Waals surface area contributed by atoms with E-state index in [9.17, 15) is 13.6 Å². The third-order valence-electron chi connectivity index (χ3n) is 5.91. The van der Waals surface area contributed by atoms with Crippen molar-refractivity contribution in [2.24, 2.45) is 0 Å². The molecule has 1 aromatic heterocycles. The molecule has 1 aliphatic heterocycles. The van der Waals surface area contributed by atoms with Crippen LogP contribution in [0.5, 0.6) is 0 Å². The van der Waals surface area contributed by atoms with Gasteiger partial charge in [0.25, 0.3) is 12.0 Å². The maximum atomic E-state index is 12.6. The van der Waals surface area contributed by atoms with E-state index < -0.39 is 18.5 Å². The van der Waals surface area contributed by atoms with Crippen molar-refractivity contribution in [3.05, 3.63) is 34.9 Å². The molecule has 7 heteroatoms. The SMILES string of the molecule is O=c1c2ccc(N3CCN(C4CCCCC4)CC3)cc2ncn1CC(F)F. The Morgan fingerprint density at radius 3 is 2.52 bits per heavy atom. The highest BCUT2D eigenvalue weighted by molar-refractivity contribution is 5.81. The first-order chi connectivity index (χ1) is 13.1. The number of hydrogen-bond acceptors (Lipinski definition) is 4. The number of fused-ring (bicyclic) bond motifs is 1. The molecular formula is C20H26F2N4O. The van der Waals surface area contributed by atoms with Crippen LogP contribution < -0.4 is 10.5 Å². The van der Waals surface area contributed by atoms with E-state index in [4.69, 9.17) is 0 Å². The molecule has 1 saturated carbocycles. The molecule has 2 aliphatic rings. The van der Waals surface area contributed by atoms with Gasteiger partial charge < -0.3 is 4.90 Å². The molecule has 0 atom stereocenters. The largest absolute Gasteiger partial charge is 0.369 e. The van der Waals surface area contributed by atoms with Gasteiger partial charge in [-0.15, -0.1) is 0 Å². The lowest BCUT2D eigenvalue weighted by Gasteiger charge is -2.41. The van der Waals surface area contributed by atoms with Gasteiger partial charge in [-0.1, -0.05) is 19.3 Å². The number of anilines is 1. The van der Waals surface area contributed by atoms with Crippen molar-refractivity contribution in [3.63, 3.8) is 0 Å². The van der Waals surface area contributed by atoms with E-state index in [2.05, 4.69) is 14.8 Å². The molecule has 0 bridgehead atoms. The summed E-state index contributed by atoms with van der Waals surface area (Å²) in [6.45, 7) is 3.43. The van der Waals surface area contributed by atoms with Gasteiger partial charge in [-0.3, -0.25) is 14.3 Å². The van der Waals surface area contributed by atoms with Crippen LogP contribution in [0, 0.1) is 0 Å². The molecule has 2 heterocycles. The number of aromatic nitrogens is 2. The van der Waals surface area contributed by atoms with E-state index in [1.54, 1.807) is 6.07 Å². The van der Waals surface area contributed by atoms with Crippen molar-refractivity contribution in [2.45, 2.75) is 51.1 Å². The van der Waals surface area contributed by atoms with Crippen molar-refractivity contribution >= 4 is 16.6 Å². The zero-order valence-electron chi connectivity index (χ0n) is 15.5. The van der Waals surface area contributed by atoms with E-state index >= 15 is 0 Å². The van der Waals surface area contributed by atoms with Crippen LogP contribution in [0.15, 0.2) is 29.3 Å². The summed E-state index contributed by atoms with van der Waals surface area (Å²) in [5, 5.41) is 0.391. The summed E-state index contributed by atoms with van der Waals surface area (Å²) >= 11 is 0. The number of alkyl halides is 2. The Bertz CT molecular complexity index is 839. The Morgan fingerprint density at radius 2 is 1.81 bits per heavy atom. The second-order valence-corrected chi connectivity index (χ2v) is 7.61. The first-order valence-electron chi connectivity index (χ1n) is 9.88. The number of hydrogen-bond donors (Lipinski definition) is 0. The summed E-state index contributed by atoms with van der Waals surface area (Å²) in [7, 11) is 0. The summed E-state index contributed by atoms with van der Waals surface area (Å²) in [6, 6.07) is 6.27. The average molecular weight is 376 g/mol. The molecule has 1 aromatic carbocycles. The summed E-state index contributed by atoms with van der Waals surface area (Å²) in [5.74, 6) is 0. The minimum Gasteiger partial charge on any atom is -0.369 e. The van der Waals surface area contributed by atoms with E-state index in [-0.39, 0.29) is 0 Å². The fourth-order valence-electron chi connectivity index (χ4n) is 4.41. The van der Waals surface area contributed by atoms with Crippen LogP contribution in [0.25, 0.3) is 10.9 Å². The van der Waals surface area contributed by atoms with Crippen molar-refractivity contribution in [1.29, 1.82) is 0 Å². The molecular weight excluding hydrogens is 350 g/mol. The van der Waals surface area contributed by atoms with Crippen LogP contribution in [0.2, 0.25) is 0 Å². The standard InChI is InChI=1S/C20H26F2N4O/c21-19(22)13-26-14-23-18-12-16(6-7-17(18)20(26)27)25-10-8-24(9-11-25)15-4-2-1-3-5-15/h6-7,12,14-15,19H,1-5,8-11,13H2. The van der Waals surface area contributed by atoms with Crippen LogP contribution in [0.3, 0.4) is 0 Å². The number of nitrogens with zero attached hydrogens (tertiary/aromatic N) is 4. The van der Waals surface area contributed by atoms with Crippen LogP contribution >= 0.6 is 0 Å². The highest BCUT2D eigenvalue weighted by atomic mass is 19.3. The second-order valence-electron chi connectivity index (χ2n) is 7.61. The molecule has 1 saturated heterocycles. The molecule has 27 heavy (non-hydrogen) atoms. The maximum Gasteiger partial charge on any atom is 0.261 e.